The van der Waals surface area contributed by atoms with E-state index >= 15 is 0 Å². The second kappa shape index (κ2) is 7.22. The standard InChI is InChI=1S/C15H13BrN6O3S/c1-26(24,25)21-13-6-11(16)5-12(7-13)20-14(23)10-8-19-22(9-10)15-17-3-2-4-18-15/h2-9,21H,1H3,(H,20,23). The van der Waals surface area contributed by atoms with E-state index in [0.29, 0.717) is 27.4 Å². The first-order chi connectivity index (χ1) is 12.3. The zero-order chi connectivity index (χ0) is 18.7. The molecule has 0 bridgehead atoms. The molecule has 3 aromatic rings. The van der Waals surface area contributed by atoms with Crippen molar-refractivity contribution in [1.82, 2.24) is 19.7 Å². The van der Waals surface area contributed by atoms with Gasteiger partial charge in [0, 0.05) is 28.8 Å². The number of nitrogens with one attached hydrogen (secondary N) is 2. The summed E-state index contributed by atoms with van der Waals surface area (Å²) in [6.07, 6.45) is 7.08. The Balaban J connectivity index is 1.79. The SMILES string of the molecule is CS(=O)(=O)Nc1cc(Br)cc(NC(=O)c2cnn(-c3ncccn3)c2)c1. The lowest BCUT2D eigenvalue weighted by atomic mass is 10.2. The summed E-state index contributed by atoms with van der Waals surface area (Å²) in [5, 5.41) is 6.75. The molecule has 134 valence electrons. The second-order valence-corrected chi connectivity index (χ2v) is 7.94. The Hall–Kier alpha value is -2.79. The minimum Gasteiger partial charge on any atom is -0.322 e. The molecule has 0 aliphatic rings. The summed E-state index contributed by atoms with van der Waals surface area (Å²) >= 11 is 3.28. The first-order valence-electron chi connectivity index (χ1n) is 7.22. The molecule has 26 heavy (non-hydrogen) atoms. The molecule has 0 aliphatic carbocycles. The fourth-order valence-corrected chi connectivity index (χ4v) is 3.14. The molecule has 0 saturated carbocycles. The highest BCUT2D eigenvalue weighted by molar-refractivity contribution is 9.10. The van der Waals surface area contributed by atoms with Gasteiger partial charge in [0.2, 0.25) is 16.0 Å². The predicted octanol–water partition coefficient (Wildman–Crippen LogP) is 2.05. The van der Waals surface area contributed by atoms with Crippen LogP contribution in [0.4, 0.5) is 11.4 Å². The number of carbonyl (C=O) groups is 1. The molecule has 0 saturated heterocycles. The van der Waals surface area contributed by atoms with Crippen LogP contribution in [0.15, 0.2) is 53.5 Å². The molecule has 2 N–H and O–H groups in total. The van der Waals surface area contributed by atoms with Crippen LogP contribution in [0.1, 0.15) is 10.4 Å². The van der Waals surface area contributed by atoms with Gasteiger partial charge in [0.05, 0.1) is 23.7 Å². The van der Waals surface area contributed by atoms with Crippen molar-refractivity contribution in [3.63, 3.8) is 0 Å². The number of amides is 1. The Morgan fingerprint density at radius 2 is 1.85 bits per heavy atom. The van der Waals surface area contributed by atoms with Crippen molar-refractivity contribution in [3.05, 3.63) is 59.1 Å². The van der Waals surface area contributed by atoms with Gasteiger partial charge in [-0.05, 0) is 24.3 Å². The van der Waals surface area contributed by atoms with Crippen LogP contribution in [0.25, 0.3) is 5.95 Å². The minimum absolute atomic E-state index is 0.301. The van der Waals surface area contributed by atoms with Crippen LogP contribution < -0.4 is 10.0 Å². The monoisotopic (exact) mass is 436 g/mol. The summed E-state index contributed by atoms with van der Waals surface area (Å²) in [5.41, 5.74) is 1.04. The molecule has 1 amide bonds. The van der Waals surface area contributed by atoms with Crippen molar-refractivity contribution in [1.29, 1.82) is 0 Å². The molecular weight excluding hydrogens is 424 g/mol. The summed E-state index contributed by atoms with van der Waals surface area (Å²) < 4.78 is 27.1. The van der Waals surface area contributed by atoms with E-state index in [-0.39, 0.29) is 0 Å². The van der Waals surface area contributed by atoms with Gasteiger partial charge in [0.15, 0.2) is 0 Å². The van der Waals surface area contributed by atoms with Crippen LogP contribution in [0.5, 0.6) is 0 Å². The number of carbonyl (C=O) groups excluding carboxylic acids is 1. The normalized spacial score (nSPS) is 11.2. The van der Waals surface area contributed by atoms with Crippen molar-refractivity contribution in [3.8, 4) is 5.95 Å². The van der Waals surface area contributed by atoms with E-state index in [9.17, 15) is 13.2 Å². The first kappa shape index (κ1) is 18.0. The largest absolute Gasteiger partial charge is 0.322 e. The highest BCUT2D eigenvalue weighted by Crippen LogP contribution is 2.24. The third kappa shape index (κ3) is 4.64. The fraction of sp³-hybridized carbons (Fsp3) is 0.0667. The summed E-state index contributed by atoms with van der Waals surface area (Å²) in [6, 6.07) is 6.42. The van der Waals surface area contributed by atoms with Gasteiger partial charge >= 0.3 is 0 Å². The van der Waals surface area contributed by atoms with Crippen LogP contribution in [0.3, 0.4) is 0 Å². The van der Waals surface area contributed by atoms with Gasteiger partial charge in [0.25, 0.3) is 5.91 Å². The molecule has 2 aromatic heterocycles. The second-order valence-electron chi connectivity index (χ2n) is 5.28. The van der Waals surface area contributed by atoms with Crippen LogP contribution in [-0.4, -0.2) is 40.3 Å². The van der Waals surface area contributed by atoms with E-state index in [2.05, 4.69) is 41.0 Å². The number of benzene rings is 1. The maximum absolute atomic E-state index is 12.4. The lowest BCUT2D eigenvalue weighted by molar-refractivity contribution is 0.102. The highest BCUT2D eigenvalue weighted by atomic mass is 79.9. The first-order valence-corrected chi connectivity index (χ1v) is 9.90. The van der Waals surface area contributed by atoms with Crippen molar-refractivity contribution in [2.75, 3.05) is 16.3 Å². The number of hydrogen-bond acceptors (Lipinski definition) is 6. The van der Waals surface area contributed by atoms with Crippen molar-refractivity contribution in [2.45, 2.75) is 0 Å². The summed E-state index contributed by atoms with van der Waals surface area (Å²) in [7, 11) is -3.43. The smallest absolute Gasteiger partial charge is 0.258 e. The number of halogens is 1. The fourth-order valence-electron chi connectivity index (χ4n) is 2.10. The Labute approximate surface area is 157 Å². The van der Waals surface area contributed by atoms with Crippen molar-refractivity contribution < 1.29 is 13.2 Å². The molecule has 11 heteroatoms. The predicted molar refractivity (Wildman–Crippen MR) is 99.7 cm³/mol. The summed E-state index contributed by atoms with van der Waals surface area (Å²) in [5.74, 6) is -0.0655. The molecule has 0 unspecified atom stereocenters. The molecular formula is C15H13BrN6O3S. The van der Waals surface area contributed by atoms with Crippen LogP contribution in [-0.2, 0) is 10.0 Å². The third-order valence-corrected chi connectivity index (χ3v) is 4.13. The number of aromatic nitrogens is 4. The summed E-state index contributed by atoms with van der Waals surface area (Å²) in [6.45, 7) is 0. The molecule has 0 atom stereocenters. The highest BCUT2D eigenvalue weighted by Gasteiger charge is 2.12. The molecule has 3 rings (SSSR count). The van der Waals surface area contributed by atoms with Gasteiger partial charge < -0.3 is 5.32 Å². The number of anilines is 2. The van der Waals surface area contributed by atoms with Crippen molar-refractivity contribution in [2.24, 2.45) is 0 Å². The van der Waals surface area contributed by atoms with E-state index in [4.69, 9.17) is 0 Å². The maximum atomic E-state index is 12.4. The van der Waals surface area contributed by atoms with Crippen LogP contribution in [0, 0.1) is 0 Å². The molecule has 1 aromatic carbocycles. The Kier molecular flexibility index (Phi) is 5.00. The molecule has 0 spiro atoms. The van der Waals surface area contributed by atoms with Crippen LogP contribution in [0.2, 0.25) is 0 Å². The van der Waals surface area contributed by atoms with E-state index in [1.165, 1.54) is 23.1 Å². The van der Waals surface area contributed by atoms with E-state index < -0.39 is 15.9 Å². The average Bonchev–Trinajstić information content (AvgIpc) is 3.03. The van der Waals surface area contributed by atoms with Gasteiger partial charge in [-0.3, -0.25) is 9.52 Å². The molecule has 0 fully saturated rings. The average molecular weight is 437 g/mol. The lowest BCUT2D eigenvalue weighted by Gasteiger charge is -2.09. The van der Waals surface area contributed by atoms with Crippen LogP contribution >= 0.6 is 15.9 Å². The Bertz CT molecular complexity index is 1050. The van der Waals surface area contributed by atoms with E-state index in [1.807, 2.05) is 0 Å². The number of hydrogen-bond donors (Lipinski definition) is 2. The molecule has 2 heterocycles. The molecule has 0 aliphatic heterocycles. The van der Waals surface area contributed by atoms with E-state index in [1.54, 1.807) is 30.6 Å². The minimum atomic E-state index is -3.43. The van der Waals surface area contributed by atoms with Gasteiger partial charge in [-0.25, -0.2) is 23.1 Å². The van der Waals surface area contributed by atoms with Gasteiger partial charge in [-0.15, -0.1) is 0 Å². The molecule has 9 nitrogen and oxygen atoms in total. The third-order valence-electron chi connectivity index (χ3n) is 3.06. The Morgan fingerprint density at radius 3 is 2.54 bits per heavy atom. The van der Waals surface area contributed by atoms with Gasteiger partial charge in [-0.2, -0.15) is 5.10 Å². The summed E-state index contributed by atoms with van der Waals surface area (Å²) in [4.78, 5) is 20.5. The number of rotatable bonds is 5. The van der Waals surface area contributed by atoms with Crippen molar-refractivity contribution >= 4 is 43.2 Å². The van der Waals surface area contributed by atoms with Gasteiger partial charge in [0.1, 0.15) is 0 Å². The van der Waals surface area contributed by atoms with E-state index in [0.717, 1.165) is 6.26 Å². The quantitative estimate of drug-likeness (QED) is 0.631. The lowest BCUT2D eigenvalue weighted by Crippen LogP contribution is -2.13. The number of sulfonamides is 1. The molecule has 0 radical (unpaired) electrons. The van der Waals surface area contributed by atoms with Gasteiger partial charge in [-0.1, -0.05) is 15.9 Å². The Morgan fingerprint density at radius 1 is 1.15 bits per heavy atom. The maximum Gasteiger partial charge on any atom is 0.258 e. The topological polar surface area (TPSA) is 119 Å². The zero-order valence-corrected chi connectivity index (χ0v) is 15.8. The number of nitrogens with zero attached hydrogens (tertiary/aromatic N) is 4. The zero-order valence-electron chi connectivity index (χ0n) is 13.4.